The van der Waals surface area contributed by atoms with E-state index in [0.717, 1.165) is 6.42 Å². The van der Waals surface area contributed by atoms with Crippen LogP contribution in [0.25, 0.3) is 0 Å². The number of aryl methyl sites for hydroxylation is 2. The number of rotatable bonds is 3. The Balaban J connectivity index is 2.52. The van der Waals surface area contributed by atoms with Crippen molar-refractivity contribution in [3.05, 3.63) is 35.4 Å². The molecule has 0 unspecified atom stereocenters. The first-order chi connectivity index (χ1) is 6.51. The SMILES string of the molecule is CCc1ccc(CCC(C)(C)C)cc1. The van der Waals surface area contributed by atoms with E-state index >= 15 is 0 Å². The van der Waals surface area contributed by atoms with Crippen molar-refractivity contribution in [2.45, 2.75) is 47.0 Å². The van der Waals surface area contributed by atoms with Gasteiger partial charge in [0.2, 0.25) is 0 Å². The minimum atomic E-state index is 0.448. The number of hydrogen-bond donors (Lipinski definition) is 0. The summed E-state index contributed by atoms with van der Waals surface area (Å²) in [5, 5.41) is 0. The monoisotopic (exact) mass is 190 g/mol. The molecule has 0 saturated carbocycles. The molecule has 1 rings (SSSR count). The van der Waals surface area contributed by atoms with E-state index in [9.17, 15) is 0 Å². The molecule has 0 N–H and O–H groups in total. The fourth-order valence-corrected chi connectivity index (χ4v) is 1.46. The normalized spacial score (nSPS) is 11.7. The van der Waals surface area contributed by atoms with Crippen molar-refractivity contribution in [1.29, 1.82) is 0 Å². The molecule has 0 aliphatic heterocycles. The summed E-state index contributed by atoms with van der Waals surface area (Å²) in [6.07, 6.45) is 3.60. The lowest BCUT2D eigenvalue weighted by atomic mass is 9.88. The Labute approximate surface area is 88.4 Å². The topological polar surface area (TPSA) is 0 Å². The van der Waals surface area contributed by atoms with Gasteiger partial charge in [-0.2, -0.15) is 0 Å². The molecule has 0 aliphatic carbocycles. The molecule has 0 aromatic heterocycles. The quantitative estimate of drug-likeness (QED) is 0.669. The summed E-state index contributed by atoms with van der Waals surface area (Å²) in [4.78, 5) is 0. The van der Waals surface area contributed by atoms with Gasteiger partial charge in [-0.1, -0.05) is 52.0 Å². The van der Waals surface area contributed by atoms with Gasteiger partial charge in [0.1, 0.15) is 0 Å². The van der Waals surface area contributed by atoms with Crippen LogP contribution in [0.1, 0.15) is 45.2 Å². The van der Waals surface area contributed by atoms with Crippen LogP contribution in [0.5, 0.6) is 0 Å². The van der Waals surface area contributed by atoms with Crippen LogP contribution in [0.15, 0.2) is 24.3 Å². The van der Waals surface area contributed by atoms with Crippen molar-refractivity contribution >= 4 is 0 Å². The Bertz CT molecular complexity index is 261. The maximum absolute atomic E-state index is 2.30. The molecule has 0 heterocycles. The largest absolute Gasteiger partial charge is 0.0613 e. The van der Waals surface area contributed by atoms with E-state index in [2.05, 4.69) is 52.0 Å². The minimum absolute atomic E-state index is 0.448. The van der Waals surface area contributed by atoms with Gasteiger partial charge in [-0.15, -0.1) is 0 Å². The van der Waals surface area contributed by atoms with Gasteiger partial charge in [0, 0.05) is 0 Å². The fraction of sp³-hybridized carbons (Fsp3) is 0.571. The first-order valence-electron chi connectivity index (χ1n) is 5.59. The first-order valence-corrected chi connectivity index (χ1v) is 5.59. The Morgan fingerprint density at radius 2 is 1.43 bits per heavy atom. The van der Waals surface area contributed by atoms with Crippen molar-refractivity contribution in [3.8, 4) is 0 Å². The molecule has 0 amide bonds. The second-order valence-electron chi connectivity index (χ2n) is 5.23. The molecule has 0 fully saturated rings. The highest BCUT2D eigenvalue weighted by Crippen LogP contribution is 2.21. The zero-order valence-corrected chi connectivity index (χ0v) is 9.93. The third kappa shape index (κ3) is 3.95. The van der Waals surface area contributed by atoms with E-state index in [1.54, 1.807) is 0 Å². The Hall–Kier alpha value is -0.780. The van der Waals surface area contributed by atoms with Crippen molar-refractivity contribution in [2.75, 3.05) is 0 Å². The van der Waals surface area contributed by atoms with Crippen LogP contribution in [-0.2, 0) is 12.8 Å². The average molecular weight is 190 g/mol. The Morgan fingerprint density at radius 1 is 0.929 bits per heavy atom. The minimum Gasteiger partial charge on any atom is -0.0613 e. The second kappa shape index (κ2) is 4.63. The van der Waals surface area contributed by atoms with E-state index < -0.39 is 0 Å². The number of benzene rings is 1. The van der Waals surface area contributed by atoms with Crippen LogP contribution in [-0.4, -0.2) is 0 Å². The van der Waals surface area contributed by atoms with Crippen LogP contribution in [0.2, 0.25) is 0 Å². The molecule has 0 spiro atoms. The van der Waals surface area contributed by atoms with E-state index in [1.165, 1.54) is 24.0 Å². The maximum Gasteiger partial charge on any atom is -0.0274 e. The van der Waals surface area contributed by atoms with Gasteiger partial charge >= 0.3 is 0 Å². The molecule has 0 saturated heterocycles. The molecule has 0 aliphatic rings. The van der Waals surface area contributed by atoms with Crippen molar-refractivity contribution in [2.24, 2.45) is 5.41 Å². The summed E-state index contributed by atoms with van der Waals surface area (Å²) in [6.45, 7) is 9.10. The first kappa shape index (κ1) is 11.3. The Morgan fingerprint density at radius 3 is 1.86 bits per heavy atom. The Kier molecular flexibility index (Phi) is 3.74. The fourth-order valence-electron chi connectivity index (χ4n) is 1.46. The van der Waals surface area contributed by atoms with Crippen molar-refractivity contribution in [3.63, 3.8) is 0 Å². The van der Waals surface area contributed by atoms with Gasteiger partial charge in [0.25, 0.3) is 0 Å². The highest BCUT2D eigenvalue weighted by atomic mass is 14.1. The molecular weight excluding hydrogens is 168 g/mol. The lowest BCUT2D eigenvalue weighted by molar-refractivity contribution is 0.378. The summed E-state index contributed by atoms with van der Waals surface area (Å²) in [5.41, 5.74) is 3.35. The molecule has 0 nitrogen and oxygen atoms in total. The zero-order chi connectivity index (χ0) is 10.6. The highest BCUT2D eigenvalue weighted by Gasteiger charge is 2.09. The molecular formula is C14H22. The molecule has 0 atom stereocenters. The van der Waals surface area contributed by atoms with E-state index in [1.807, 2.05) is 0 Å². The van der Waals surface area contributed by atoms with Gasteiger partial charge in [-0.05, 0) is 35.8 Å². The third-order valence-electron chi connectivity index (χ3n) is 2.59. The molecule has 14 heavy (non-hydrogen) atoms. The predicted octanol–water partition coefficient (Wildman–Crippen LogP) is 4.23. The van der Waals surface area contributed by atoms with E-state index in [0.29, 0.717) is 5.41 Å². The van der Waals surface area contributed by atoms with Crippen LogP contribution in [0.3, 0.4) is 0 Å². The molecule has 0 heteroatoms. The van der Waals surface area contributed by atoms with Gasteiger partial charge in [-0.25, -0.2) is 0 Å². The van der Waals surface area contributed by atoms with Crippen molar-refractivity contribution in [1.82, 2.24) is 0 Å². The summed E-state index contributed by atoms with van der Waals surface area (Å²) < 4.78 is 0. The van der Waals surface area contributed by atoms with E-state index in [4.69, 9.17) is 0 Å². The standard InChI is InChI=1S/C14H22/c1-5-12-6-8-13(9-7-12)10-11-14(2,3)4/h6-9H,5,10-11H2,1-4H3. The third-order valence-corrected chi connectivity index (χ3v) is 2.59. The van der Waals surface area contributed by atoms with Crippen LogP contribution >= 0.6 is 0 Å². The predicted molar refractivity (Wildman–Crippen MR) is 63.6 cm³/mol. The van der Waals surface area contributed by atoms with Gasteiger partial charge < -0.3 is 0 Å². The van der Waals surface area contributed by atoms with Gasteiger partial charge in [-0.3, -0.25) is 0 Å². The molecule has 0 bridgehead atoms. The smallest absolute Gasteiger partial charge is 0.0274 e. The average Bonchev–Trinajstić information content (AvgIpc) is 2.14. The van der Waals surface area contributed by atoms with Crippen LogP contribution in [0, 0.1) is 5.41 Å². The summed E-state index contributed by atoms with van der Waals surface area (Å²) >= 11 is 0. The number of hydrogen-bond acceptors (Lipinski definition) is 0. The molecule has 0 radical (unpaired) electrons. The summed E-state index contributed by atoms with van der Waals surface area (Å²) in [6, 6.07) is 9.03. The second-order valence-corrected chi connectivity index (χ2v) is 5.23. The lowest BCUT2D eigenvalue weighted by Crippen LogP contribution is -2.06. The zero-order valence-electron chi connectivity index (χ0n) is 9.93. The molecule has 1 aromatic carbocycles. The van der Waals surface area contributed by atoms with Gasteiger partial charge in [0.05, 0.1) is 0 Å². The lowest BCUT2D eigenvalue weighted by Gasteiger charge is -2.17. The maximum atomic E-state index is 2.30. The highest BCUT2D eigenvalue weighted by molar-refractivity contribution is 5.22. The van der Waals surface area contributed by atoms with Crippen LogP contribution < -0.4 is 0 Å². The van der Waals surface area contributed by atoms with Gasteiger partial charge in [0.15, 0.2) is 0 Å². The van der Waals surface area contributed by atoms with E-state index in [-0.39, 0.29) is 0 Å². The van der Waals surface area contributed by atoms with Crippen molar-refractivity contribution < 1.29 is 0 Å². The summed E-state index contributed by atoms with van der Waals surface area (Å²) in [5.74, 6) is 0. The molecule has 78 valence electrons. The summed E-state index contributed by atoms with van der Waals surface area (Å²) in [7, 11) is 0. The molecule has 1 aromatic rings. The van der Waals surface area contributed by atoms with Crippen LogP contribution in [0.4, 0.5) is 0 Å².